The van der Waals surface area contributed by atoms with E-state index in [1.807, 2.05) is 4.90 Å². The van der Waals surface area contributed by atoms with E-state index in [1.54, 1.807) is 20.8 Å². The molecule has 2 heterocycles. The highest BCUT2D eigenvalue weighted by Gasteiger charge is 2.54. The monoisotopic (exact) mass is 690 g/mol. The molecule has 3 fully saturated rings. The molecule has 1 aliphatic carbocycles. The Bertz CT molecular complexity index is 1130. The summed E-state index contributed by atoms with van der Waals surface area (Å²) in [5.41, 5.74) is -0.742. The number of methoxy groups -OCH3 is 1. The van der Waals surface area contributed by atoms with Gasteiger partial charge in [-0.25, -0.2) is 14.5 Å². The first kappa shape index (κ1) is 38.8. The van der Waals surface area contributed by atoms with Gasteiger partial charge < -0.3 is 29.7 Å². The second-order valence-electron chi connectivity index (χ2n) is 15.0. The molecular formula is C31H53F3N6O6Si. The van der Waals surface area contributed by atoms with Crippen LogP contribution in [0.25, 0.3) is 0 Å². The number of hydrogen-bond donors (Lipinski definition) is 3. The number of carbonyl (C=O) groups is 3. The zero-order valence-corrected chi connectivity index (χ0v) is 29.7. The van der Waals surface area contributed by atoms with Crippen LogP contribution in [0.15, 0.2) is 0 Å². The van der Waals surface area contributed by atoms with Crippen molar-refractivity contribution in [2.45, 2.75) is 140 Å². The molecule has 1 saturated carbocycles. The second kappa shape index (κ2) is 16.2. The number of alkyl carbamates (subject to hydrolysis) is 2. The molecule has 0 aromatic carbocycles. The molecule has 0 aromatic rings. The van der Waals surface area contributed by atoms with Gasteiger partial charge in [-0.05, 0) is 64.8 Å². The summed E-state index contributed by atoms with van der Waals surface area (Å²) in [5.74, 6) is -2.50. The first-order valence-electron chi connectivity index (χ1n) is 16.6. The maximum Gasteiger partial charge on any atom is 0.471 e. The van der Waals surface area contributed by atoms with Crippen LogP contribution in [0.1, 0.15) is 65.7 Å². The van der Waals surface area contributed by atoms with Crippen molar-refractivity contribution in [2.24, 2.45) is 5.92 Å². The number of nitrogens with zero attached hydrogens (tertiary/aromatic N) is 3. The van der Waals surface area contributed by atoms with Crippen LogP contribution in [-0.2, 0) is 19.0 Å². The van der Waals surface area contributed by atoms with Crippen LogP contribution in [0.4, 0.5) is 22.8 Å². The zero-order valence-electron chi connectivity index (χ0n) is 28.7. The predicted octanol–water partition coefficient (Wildman–Crippen LogP) is 4.54. The normalized spacial score (nSPS) is 29.4. The summed E-state index contributed by atoms with van der Waals surface area (Å²) < 4.78 is 58.5. The summed E-state index contributed by atoms with van der Waals surface area (Å²) in [5, 5.41) is 19.8. The fourth-order valence-electron chi connectivity index (χ4n) is 6.81. The largest absolute Gasteiger partial charge is 0.471 e. The third-order valence-electron chi connectivity index (χ3n) is 9.03. The Morgan fingerprint density at radius 3 is 2.32 bits per heavy atom. The van der Waals surface area contributed by atoms with E-state index in [0.717, 1.165) is 10.9 Å². The second-order valence-corrected chi connectivity index (χ2v) is 20.7. The smallest absolute Gasteiger partial charge is 0.453 e. The highest BCUT2D eigenvalue weighted by molar-refractivity contribution is 6.76. The Morgan fingerprint density at radius 2 is 1.72 bits per heavy atom. The van der Waals surface area contributed by atoms with Crippen LogP contribution in [-0.4, -0.2) is 111 Å². The minimum absolute atomic E-state index is 0.0644. The molecule has 3 rings (SSSR count). The maximum atomic E-state index is 14.0. The summed E-state index contributed by atoms with van der Waals surface area (Å²) in [6.45, 7) is 12.4. The van der Waals surface area contributed by atoms with Gasteiger partial charge in [0.15, 0.2) is 0 Å². The summed E-state index contributed by atoms with van der Waals surface area (Å²) in [7, 11) is -0.222. The van der Waals surface area contributed by atoms with Crippen molar-refractivity contribution in [3.63, 3.8) is 0 Å². The first-order chi connectivity index (χ1) is 21.8. The van der Waals surface area contributed by atoms with Gasteiger partial charge in [-0.1, -0.05) is 32.5 Å². The van der Waals surface area contributed by atoms with Gasteiger partial charge >= 0.3 is 24.3 Å². The van der Waals surface area contributed by atoms with E-state index in [2.05, 4.69) is 41.7 Å². The Balaban J connectivity index is 2.04. The molecule has 7 unspecified atom stereocenters. The molecule has 47 heavy (non-hydrogen) atoms. The average molecular weight is 691 g/mol. The summed E-state index contributed by atoms with van der Waals surface area (Å²) in [4.78, 5) is 40.8. The summed E-state index contributed by atoms with van der Waals surface area (Å²) >= 11 is 0. The SMILES string of the molecule is COC(=O)NC1CCC2C3NC(C(NC(=O)OC(C)(C)C)CCCCCN(C(=O)C(F)(F)F)C2C1)N(COCC[Si](C)(C)C)C3C#N. The van der Waals surface area contributed by atoms with Crippen molar-refractivity contribution in [1.29, 1.82) is 5.26 Å². The van der Waals surface area contributed by atoms with Crippen LogP contribution in [0.3, 0.4) is 0 Å². The van der Waals surface area contributed by atoms with Gasteiger partial charge in [-0.2, -0.15) is 18.4 Å². The Kier molecular flexibility index (Phi) is 13.4. The number of amides is 3. The van der Waals surface area contributed by atoms with E-state index in [1.165, 1.54) is 7.11 Å². The molecule has 2 aliphatic heterocycles. The van der Waals surface area contributed by atoms with Gasteiger partial charge in [0.2, 0.25) is 0 Å². The van der Waals surface area contributed by atoms with Crippen molar-refractivity contribution >= 4 is 26.2 Å². The summed E-state index contributed by atoms with van der Waals surface area (Å²) in [6, 6.07) is -0.197. The van der Waals surface area contributed by atoms with Gasteiger partial charge in [-0.3, -0.25) is 10.1 Å². The van der Waals surface area contributed by atoms with Crippen molar-refractivity contribution in [3.8, 4) is 6.07 Å². The molecule has 3 N–H and O–H groups in total. The van der Waals surface area contributed by atoms with Crippen molar-refractivity contribution in [1.82, 2.24) is 25.8 Å². The lowest BCUT2D eigenvalue weighted by Gasteiger charge is -2.45. The van der Waals surface area contributed by atoms with Crippen LogP contribution in [0.5, 0.6) is 0 Å². The Hall–Kier alpha value is -2.61. The lowest BCUT2D eigenvalue weighted by atomic mass is 9.75. The van der Waals surface area contributed by atoms with Crippen LogP contribution >= 0.6 is 0 Å². The number of halogens is 3. The lowest BCUT2D eigenvalue weighted by Crippen LogP contribution is -2.60. The molecule has 0 radical (unpaired) electrons. The molecule has 7 atom stereocenters. The molecular weight excluding hydrogens is 637 g/mol. The van der Waals surface area contributed by atoms with E-state index in [9.17, 15) is 32.8 Å². The molecule has 0 spiro atoms. The fraction of sp³-hybridized carbons (Fsp3) is 0.871. The number of carbonyl (C=O) groups excluding carboxylic acids is 3. The highest BCUT2D eigenvalue weighted by atomic mass is 28.3. The Morgan fingerprint density at radius 1 is 1.02 bits per heavy atom. The fourth-order valence-corrected chi connectivity index (χ4v) is 7.56. The van der Waals surface area contributed by atoms with Gasteiger partial charge in [0.25, 0.3) is 0 Å². The first-order valence-corrected chi connectivity index (χ1v) is 20.3. The molecule has 2 saturated heterocycles. The van der Waals surface area contributed by atoms with Gasteiger partial charge in [0.1, 0.15) is 18.4 Å². The van der Waals surface area contributed by atoms with E-state index >= 15 is 0 Å². The van der Waals surface area contributed by atoms with Crippen LogP contribution in [0.2, 0.25) is 25.7 Å². The number of nitriles is 1. The maximum absolute atomic E-state index is 14.0. The number of nitrogens with one attached hydrogen (secondary N) is 3. The number of alkyl halides is 3. The minimum atomic E-state index is -5.09. The van der Waals surface area contributed by atoms with Crippen molar-refractivity contribution < 1.29 is 41.8 Å². The zero-order chi connectivity index (χ0) is 35.2. The third kappa shape index (κ3) is 11.2. The highest BCUT2D eigenvalue weighted by Crippen LogP contribution is 2.39. The molecule has 0 aromatic heterocycles. The molecule has 3 aliphatic rings. The quantitative estimate of drug-likeness (QED) is 0.259. The predicted molar refractivity (Wildman–Crippen MR) is 171 cm³/mol. The van der Waals surface area contributed by atoms with E-state index in [-0.39, 0.29) is 19.7 Å². The standard InChI is InChI=1S/C31H53F3N6O6Si/c1-30(2,3)46-29(43)37-22-11-9-8-10-14-39(27(41)31(32,33)34)23-17-20(36-28(42)44-4)12-13-21(23)25-24(18-35)40(26(22)38-25)19-45-15-16-47(5,6)7/h20-26,38H,8-17,19H2,1-7H3,(H,36,42)(H,37,43). The molecule has 3 amide bonds. The third-order valence-corrected chi connectivity index (χ3v) is 10.7. The Labute approximate surface area is 277 Å². The van der Waals surface area contributed by atoms with Gasteiger partial charge in [0, 0.05) is 39.4 Å². The van der Waals surface area contributed by atoms with Crippen molar-refractivity contribution in [3.05, 3.63) is 0 Å². The molecule has 16 heteroatoms. The van der Waals surface area contributed by atoms with Crippen LogP contribution < -0.4 is 16.0 Å². The number of fused-ring (bicyclic) bond motifs is 4. The van der Waals surface area contributed by atoms with Crippen molar-refractivity contribution in [2.75, 3.05) is 27.0 Å². The summed E-state index contributed by atoms with van der Waals surface area (Å²) in [6.07, 6.45) is -4.38. The number of ether oxygens (including phenoxy) is 3. The van der Waals surface area contributed by atoms with Gasteiger partial charge in [0.05, 0.1) is 25.4 Å². The molecule has 12 nitrogen and oxygen atoms in total. The topological polar surface area (TPSA) is 145 Å². The number of rotatable bonds is 7. The molecule has 268 valence electrons. The van der Waals surface area contributed by atoms with E-state index < -0.39 is 80.2 Å². The van der Waals surface area contributed by atoms with E-state index in [0.29, 0.717) is 45.1 Å². The van der Waals surface area contributed by atoms with Gasteiger partial charge in [-0.15, -0.1) is 0 Å². The lowest BCUT2D eigenvalue weighted by molar-refractivity contribution is -0.190. The number of hydrogen-bond acceptors (Lipinski definition) is 9. The minimum Gasteiger partial charge on any atom is -0.453 e. The van der Waals surface area contributed by atoms with Crippen LogP contribution in [0, 0.1) is 17.2 Å². The average Bonchev–Trinajstić information content (AvgIpc) is 3.31. The van der Waals surface area contributed by atoms with E-state index in [4.69, 9.17) is 14.2 Å². The molecule has 2 bridgehead atoms.